The van der Waals surface area contributed by atoms with Crippen molar-refractivity contribution in [3.8, 4) is 0 Å². The molecule has 3 aliphatic heterocycles. The van der Waals surface area contributed by atoms with Crippen LogP contribution in [-0.2, 0) is 54.1 Å². The van der Waals surface area contributed by atoms with Gasteiger partial charge >= 0.3 is 12.1 Å². The van der Waals surface area contributed by atoms with Crippen molar-refractivity contribution in [1.82, 2.24) is 16.0 Å². The van der Waals surface area contributed by atoms with Gasteiger partial charge in [-0.1, -0.05) is 30.3 Å². The number of ether oxygens (including phenoxy) is 7. The normalized spacial score (nSPS) is 36.5. The maximum absolute atomic E-state index is 12.5. The van der Waals surface area contributed by atoms with E-state index in [1.54, 1.807) is 30.3 Å². The van der Waals surface area contributed by atoms with Gasteiger partial charge in [-0.3, -0.25) is 9.59 Å². The maximum atomic E-state index is 12.5. The van der Waals surface area contributed by atoms with E-state index in [0.29, 0.717) is 5.56 Å². The summed E-state index contributed by atoms with van der Waals surface area (Å²) in [5.74, 6) is -2.96. The Morgan fingerprint density at radius 1 is 0.679 bits per heavy atom. The largest absolute Gasteiger partial charge is 0.480 e. The van der Waals surface area contributed by atoms with Crippen LogP contribution in [0, 0.1) is 0 Å². The zero-order chi connectivity index (χ0) is 41.3. The summed E-state index contributed by atoms with van der Waals surface area (Å²) in [5, 5.41) is 100. The number of alkyl carbamates (subject to hydrolysis) is 1. The fourth-order valence-corrected chi connectivity index (χ4v) is 6.29. The highest BCUT2D eigenvalue weighted by Crippen LogP contribution is 2.33. The molecule has 3 amide bonds. The summed E-state index contributed by atoms with van der Waals surface area (Å²) in [6.45, 7) is -1.35. The van der Waals surface area contributed by atoms with Gasteiger partial charge in [0.05, 0.1) is 32.5 Å². The molecular formula is C33H49N3O20. The van der Waals surface area contributed by atoms with Crippen molar-refractivity contribution < 1.29 is 98.3 Å². The minimum Gasteiger partial charge on any atom is -0.480 e. The zero-order valence-corrected chi connectivity index (χ0v) is 30.2. The summed E-state index contributed by atoms with van der Waals surface area (Å²) < 4.78 is 39.3. The van der Waals surface area contributed by atoms with E-state index in [9.17, 15) is 65.1 Å². The van der Waals surface area contributed by atoms with Crippen LogP contribution >= 0.6 is 0 Å². The summed E-state index contributed by atoms with van der Waals surface area (Å²) in [5.41, 5.74) is 0.621. The Morgan fingerprint density at radius 3 is 1.79 bits per heavy atom. The molecule has 0 radical (unpaired) electrons. The van der Waals surface area contributed by atoms with Crippen LogP contribution in [0.15, 0.2) is 30.3 Å². The molecule has 3 heterocycles. The number of aliphatic hydroxyl groups excluding tert-OH is 8. The highest BCUT2D eigenvalue weighted by Gasteiger charge is 2.54. The number of hydrogen-bond donors (Lipinski definition) is 12. The molecule has 0 bridgehead atoms. The van der Waals surface area contributed by atoms with Crippen molar-refractivity contribution in [2.75, 3.05) is 26.4 Å². The number of amides is 3. The quantitative estimate of drug-likeness (QED) is 0.0740. The van der Waals surface area contributed by atoms with Gasteiger partial charge in [0.25, 0.3) is 0 Å². The number of hydrogen-bond acceptors (Lipinski definition) is 19. The number of aliphatic carboxylic acids is 1. The third-order valence-electron chi connectivity index (χ3n) is 9.11. The summed E-state index contributed by atoms with van der Waals surface area (Å²) in [7, 11) is 0. The molecule has 12 N–H and O–H groups in total. The molecule has 1 aromatic rings. The third-order valence-corrected chi connectivity index (χ3v) is 9.11. The van der Waals surface area contributed by atoms with Crippen molar-refractivity contribution in [3.63, 3.8) is 0 Å². The Labute approximate surface area is 319 Å². The highest BCUT2D eigenvalue weighted by atomic mass is 16.7. The maximum Gasteiger partial charge on any atom is 0.408 e. The van der Waals surface area contributed by atoms with Gasteiger partial charge in [0.2, 0.25) is 11.8 Å². The van der Waals surface area contributed by atoms with Crippen molar-refractivity contribution >= 4 is 23.9 Å². The molecule has 316 valence electrons. The Kier molecular flexibility index (Phi) is 16.6. The number of carbonyl (C=O) groups is 4. The van der Waals surface area contributed by atoms with Crippen molar-refractivity contribution in [2.24, 2.45) is 0 Å². The van der Waals surface area contributed by atoms with E-state index in [1.807, 2.05) is 0 Å². The second-order valence-corrected chi connectivity index (χ2v) is 13.2. The molecule has 3 saturated heterocycles. The molecular weight excluding hydrogens is 758 g/mol. The first kappa shape index (κ1) is 45.0. The van der Waals surface area contributed by atoms with Crippen LogP contribution < -0.4 is 16.0 Å². The molecule has 1 unspecified atom stereocenters. The van der Waals surface area contributed by atoms with E-state index in [0.717, 1.165) is 13.8 Å². The Morgan fingerprint density at radius 2 is 1.21 bits per heavy atom. The summed E-state index contributed by atoms with van der Waals surface area (Å²) in [4.78, 5) is 49.4. The molecule has 0 spiro atoms. The molecule has 3 aliphatic rings. The van der Waals surface area contributed by atoms with E-state index in [4.69, 9.17) is 33.2 Å². The fourth-order valence-electron chi connectivity index (χ4n) is 6.29. The first-order valence-electron chi connectivity index (χ1n) is 17.5. The zero-order valence-electron chi connectivity index (χ0n) is 30.2. The summed E-state index contributed by atoms with van der Waals surface area (Å²) in [6.07, 6.45) is -23.8. The fraction of sp³-hybridized carbons (Fsp3) is 0.697. The van der Waals surface area contributed by atoms with Crippen molar-refractivity contribution in [1.29, 1.82) is 0 Å². The first-order valence-corrected chi connectivity index (χ1v) is 17.5. The van der Waals surface area contributed by atoms with Crippen molar-refractivity contribution in [3.05, 3.63) is 35.9 Å². The first-order chi connectivity index (χ1) is 26.6. The molecule has 0 aliphatic carbocycles. The summed E-state index contributed by atoms with van der Waals surface area (Å²) in [6, 6.07) is 3.91. The van der Waals surface area contributed by atoms with Crippen LogP contribution in [0.1, 0.15) is 19.4 Å². The van der Waals surface area contributed by atoms with Gasteiger partial charge < -0.3 is 95.1 Å². The van der Waals surface area contributed by atoms with E-state index < -0.39 is 148 Å². The number of carboxylic acid groups (broad SMARTS) is 1. The number of nitrogens with one attached hydrogen (secondary N) is 3. The van der Waals surface area contributed by atoms with Crippen LogP contribution in [0.4, 0.5) is 4.79 Å². The number of rotatable bonds is 16. The monoisotopic (exact) mass is 807 g/mol. The van der Waals surface area contributed by atoms with Gasteiger partial charge in [0.15, 0.2) is 24.9 Å². The molecule has 4 rings (SSSR count). The topological polar surface area (TPSA) is 351 Å². The number of carboxylic acids is 1. The molecule has 23 heteroatoms. The number of benzene rings is 1. The highest BCUT2D eigenvalue weighted by molar-refractivity contribution is 5.80. The van der Waals surface area contributed by atoms with Gasteiger partial charge in [-0.2, -0.15) is 0 Å². The van der Waals surface area contributed by atoms with Gasteiger partial charge in [-0.25, -0.2) is 9.59 Å². The minimum absolute atomic E-state index is 0.181. The lowest BCUT2D eigenvalue weighted by Gasteiger charge is -2.50. The predicted molar refractivity (Wildman–Crippen MR) is 179 cm³/mol. The Hall–Kier alpha value is -3.66. The van der Waals surface area contributed by atoms with Gasteiger partial charge in [0, 0.05) is 13.8 Å². The van der Waals surface area contributed by atoms with Crippen LogP contribution in [0.25, 0.3) is 0 Å². The van der Waals surface area contributed by atoms with Crippen LogP contribution in [0.5, 0.6) is 0 Å². The average Bonchev–Trinajstić information content (AvgIpc) is 3.16. The minimum atomic E-state index is -2.07. The molecule has 23 nitrogen and oxygen atoms in total. The Balaban J connectivity index is 1.54. The van der Waals surface area contributed by atoms with E-state index in [-0.39, 0.29) is 6.61 Å². The lowest BCUT2D eigenvalue weighted by Crippen LogP contribution is -2.71. The summed E-state index contributed by atoms with van der Waals surface area (Å²) >= 11 is 0. The standard InChI is InChI=1S/C33H49N3O20/c1-13(40)34-20-17(8-37)52-30(50-12-16(29(47)48)36-33(49)51-11-15-6-4-3-5-7-15)21(35-14(2)41)28(20)56-32-26(46)24(44)27(19(10-39)54-32)55-31-25(45)23(43)22(42)18(9-38)53-31/h3-7,16-28,30-32,37-39,42-46H,8-12H2,1-2H3,(H,34,40)(H,35,41)(H,36,49)(H,47,48)/t16-,17+,18+,19+,20+,21+,22-,23-,24+,25+,26+,27-,28-,30?,31-,32+/m0/s1. The molecule has 0 aromatic heterocycles. The molecule has 1 aromatic carbocycles. The number of carbonyl (C=O) groups excluding carboxylic acids is 3. The number of aliphatic hydroxyl groups is 8. The lowest BCUT2D eigenvalue weighted by molar-refractivity contribution is -0.369. The van der Waals surface area contributed by atoms with E-state index in [2.05, 4.69) is 16.0 Å². The van der Waals surface area contributed by atoms with Gasteiger partial charge in [-0.15, -0.1) is 0 Å². The van der Waals surface area contributed by atoms with Crippen molar-refractivity contribution in [2.45, 2.75) is 118 Å². The predicted octanol–water partition coefficient (Wildman–Crippen LogP) is -5.88. The third kappa shape index (κ3) is 11.3. The molecule has 0 saturated carbocycles. The van der Waals surface area contributed by atoms with E-state index >= 15 is 0 Å². The lowest BCUT2D eigenvalue weighted by atomic mass is 9.93. The average molecular weight is 808 g/mol. The SMILES string of the molecule is CC(=O)N[C@H]1[C@H](O[C@H]2O[C@H](CO)[C@H](O[C@@H]3O[C@H](CO)[C@H](O)[C@H](O)[C@H]3O)[C@H](O)[C@H]2O)[C@@H](NC(C)=O)C(OC[C@H](NC(=O)OCc2ccccc2)C(=O)O)O[C@@H]1CO. The van der Waals surface area contributed by atoms with E-state index in [1.165, 1.54) is 0 Å². The van der Waals surface area contributed by atoms with Crippen LogP contribution in [-0.4, -0.2) is 194 Å². The molecule has 56 heavy (non-hydrogen) atoms. The Bertz CT molecular complexity index is 1440. The smallest absolute Gasteiger partial charge is 0.408 e. The van der Waals surface area contributed by atoms with Crippen LogP contribution in [0.3, 0.4) is 0 Å². The van der Waals surface area contributed by atoms with Gasteiger partial charge in [-0.05, 0) is 5.56 Å². The molecule has 16 atom stereocenters. The second kappa shape index (κ2) is 20.7. The van der Waals surface area contributed by atoms with Crippen LogP contribution in [0.2, 0.25) is 0 Å². The second-order valence-electron chi connectivity index (χ2n) is 13.2. The molecule has 3 fully saturated rings. The van der Waals surface area contributed by atoms with Gasteiger partial charge in [0.1, 0.15) is 73.7 Å².